The number of thioether (sulfide) groups is 1. The molecule has 0 atom stereocenters. The standard InChI is InChI=1S/C12H15N3OS/c1-3-15-11(16)13-14-12(15)17-8-10-6-4-9(2)5-7-10/h4-7H,3,8H2,1-2H3,(H,13,16). The Morgan fingerprint density at radius 2 is 2.06 bits per heavy atom. The van der Waals surface area contributed by atoms with Crippen LogP contribution in [0, 0.1) is 6.92 Å². The monoisotopic (exact) mass is 249 g/mol. The third kappa shape index (κ3) is 2.79. The van der Waals surface area contributed by atoms with Crippen LogP contribution in [0.1, 0.15) is 18.1 Å². The van der Waals surface area contributed by atoms with E-state index in [9.17, 15) is 4.79 Å². The molecular weight excluding hydrogens is 234 g/mol. The molecule has 4 nitrogen and oxygen atoms in total. The lowest BCUT2D eigenvalue weighted by Crippen LogP contribution is -2.16. The van der Waals surface area contributed by atoms with E-state index in [-0.39, 0.29) is 5.69 Å². The van der Waals surface area contributed by atoms with Gasteiger partial charge in [-0.05, 0) is 19.4 Å². The zero-order valence-corrected chi connectivity index (χ0v) is 10.8. The first-order valence-electron chi connectivity index (χ1n) is 5.54. The third-order valence-corrected chi connectivity index (χ3v) is 3.58. The Morgan fingerprint density at radius 1 is 1.35 bits per heavy atom. The Morgan fingerprint density at radius 3 is 2.71 bits per heavy atom. The van der Waals surface area contributed by atoms with Crippen LogP contribution < -0.4 is 5.69 Å². The van der Waals surface area contributed by atoms with Crippen molar-refractivity contribution in [2.75, 3.05) is 0 Å². The molecule has 2 rings (SSSR count). The normalized spacial score (nSPS) is 10.7. The van der Waals surface area contributed by atoms with Crippen LogP contribution in [0.3, 0.4) is 0 Å². The molecule has 0 aliphatic heterocycles. The fourth-order valence-electron chi connectivity index (χ4n) is 1.52. The van der Waals surface area contributed by atoms with E-state index in [0.29, 0.717) is 6.54 Å². The Kier molecular flexibility index (Phi) is 3.68. The minimum Gasteiger partial charge on any atom is -0.270 e. The number of H-pyrrole nitrogens is 1. The number of benzene rings is 1. The summed E-state index contributed by atoms with van der Waals surface area (Å²) in [6.45, 7) is 4.65. The topological polar surface area (TPSA) is 50.7 Å². The molecule has 0 fully saturated rings. The van der Waals surface area contributed by atoms with Gasteiger partial charge in [-0.3, -0.25) is 4.57 Å². The van der Waals surface area contributed by atoms with E-state index in [1.54, 1.807) is 16.3 Å². The van der Waals surface area contributed by atoms with Gasteiger partial charge in [-0.1, -0.05) is 41.6 Å². The van der Waals surface area contributed by atoms with Crippen molar-refractivity contribution in [2.24, 2.45) is 0 Å². The predicted octanol–water partition coefficient (Wildman–Crippen LogP) is 2.19. The number of nitrogens with one attached hydrogen (secondary N) is 1. The van der Waals surface area contributed by atoms with Crippen LogP contribution in [-0.4, -0.2) is 14.8 Å². The summed E-state index contributed by atoms with van der Waals surface area (Å²) in [7, 11) is 0. The zero-order chi connectivity index (χ0) is 12.3. The van der Waals surface area contributed by atoms with Crippen molar-refractivity contribution in [1.29, 1.82) is 0 Å². The SMILES string of the molecule is CCn1c(SCc2ccc(C)cc2)n[nH]c1=O. The molecule has 0 amide bonds. The highest BCUT2D eigenvalue weighted by molar-refractivity contribution is 7.98. The van der Waals surface area contributed by atoms with Crippen LogP contribution in [0.15, 0.2) is 34.2 Å². The molecule has 1 aromatic carbocycles. The highest BCUT2D eigenvalue weighted by Crippen LogP contribution is 2.19. The number of nitrogens with zero attached hydrogens (tertiary/aromatic N) is 2. The number of hydrogen-bond donors (Lipinski definition) is 1. The summed E-state index contributed by atoms with van der Waals surface area (Å²) in [6.07, 6.45) is 0. The van der Waals surface area contributed by atoms with Crippen molar-refractivity contribution in [3.05, 3.63) is 45.9 Å². The van der Waals surface area contributed by atoms with Crippen molar-refractivity contribution in [2.45, 2.75) is 31.3 Å². The van der Waals surface area contributed by atoms with Crippen LogP contribution in [0.4, 0.5) is 0 Å². The van der Waals surface area contributed by atoms with Crippen molar-refractivity contribution in [1.82, 2.24) is 14.8 Å². The van der Waals surface area contributed by atoms with E-state index >= 15 is 0 Å². The molecular formula is C12H15N3OS. The van der Waals surface area contributed by atoms with Gasteiger partial charge in [0.15, 0.2) is 5.16 Å². The van der Waals surface area contributed by atoms with Gasteiger partial charge in [-0.2, -0.15) is 0 Å². The van der Waals surface area contributed by atoms with Gasteiger partial charge in [0.05, 0.1) is 0 Å². The molecule has 1 N–H and O–H groups in total. The fraction of sp³-hybridized carbons (Fsp3) is 0.333. The van der Waals surface area contributed by atoms with E-state index < -0.39 is 0 Å². The maximum atomic E-state index is 11.4. The minimum absolute atomic E-state index is 0.140. The third-order valence-electron chi connectivity index (χ3n) is 2.53. The second-order valence-corrected chi connectivity index (χ2v) is 4.77. The molecule has 0 saturated heterocycles. The van der Waals surface area contributed by atoms with Crippen LogP contribution >= 0.6 is 11.8 Å². The predicted molar refractivity (Wildman–Crippen MR) is 69.3 cm³/mol. The van der Waals surface area contributed by atoms with Gasteiger partial charge in [0.2, 0.25) is 0 Å². The molecule has 0 bridgehead atoms. The Balaban J connectivity index is 2.07. The first-order chi connectivity index (χ1) is 8.20. The van der Waals surface area contributed by atoms with E-state index in [0.717, 1.165) is 10.9 Å². The maximum absolute atomic E-state index is 11.4. The Labute approximate surface area is 104 Å². The number of aryl methyl sites for hydroxylation is 1. The minimum atomic E-state index is -0.140. The lowest BCUT2D eigenvalue weighted by Gasteiger charge is -2.02. The molecule has 17 heavy (non-hydrogen) atoms. The number of hydrogen-bond acceptors (Lipinski definition) is 3. The molecule has 1 heterocycles. The van der Waals surface area contributed by atoms with Crippen LogP contribution in [-0.2, 0) is 12.3 Å². The van der Waals surface area contributed by atoms with Gasteiger partial charge in [0.1, 0.15) is 0 Å². The summed E-state index contributed by atoms with van der Waals surface area (Å²) >= 11 is 1.57. The van der Waals surface area contributed by atoms with E-state index in [4.69, 9.17) is 0 Å². The van der Waals surface area contributed by atoms with Crippen molar-refractivity contribution in [3.8, 4) is 0 Å². The van der Waals surface area contributed by atoms with Crippen LogP contribution in [0.25, 0.3) is 0 Å². The fourth-order valence-corrected chi connectivity index (χ4v) is 2.49. The van der Waals surface area contributed by atoms with Crippen LogP contribution in [0.2, 0.25) is 0 Å². The average molecular weight is 249 g/mol. The summed E-state index contributed by atoms with van der Waals surface area (Å²) in [5.41, 5.74) is 2.35. The molecule has 5 heteroatoms. The largest absolute Gasteiger partial charge is 0.343 e. The van der Waals surface area contributed by atoms with Gasteiger partial charge in [0, 0.05) is 12.3 Å². The Bertz CT molecular complexity index is 542. The summed E-state index contributed by atoms with van der Waals surface area (Å²) in [4.78, 5) is 11.4. The molecule has 0 aliphatic carbocycles. The molecule has 0 spiro atoms. The smallest absolute Gasteiger partial charge is 0.270 e. The van der Waals surface area contributed by atoms with E-state index in [2.05, 4.69) is 41.4 Å². The van der Waals surface area contributed by atoms with Crippen molar-refractivity contribution in [3.63, 3.8) is 0 Å². The van der Waals surface area contributed by atoms with E-state index in [1.165, 1.54) is 11.1 Å². The van der Waals surface area contributed by atoms with Gasteiger partial charge in [-0.25, -0.2) is 9.89 Å². The molecule has 90 valence electrons. The maximum Gasteiger partial charge on any atom is 0.343 e. The number of aromatic nitrogens is 3. The second-order valence-electron chi connectivity index (χ2n) is 3.83. The average Bonchev–Trinajstić information content (AvgIpc) is 2.69. The summed E-state index contributed by atoms with van der Waals surface area (Å²) < 4.78 is 1.64. The number of aromatic amines is 1. The lowest BCUT2D eigenvalue weighted by molar-refractivity contribution is 0.660. The van der Waals surface area contributed by atoms with Gasteiger partial charge in [0.25, 0.3) is 0 Å². The zero-order valence-electron chi connectivity index (χ0n) is 9.93. The molecule has 0 saturated carbocycles. The highest BCUT2D eigenvalue weighted by Gasteiger charge is 2.06. The van der Waals surface area contributed by atoms with Gasteiger partial charge in [-0.15, -0.1) is 5.10 Å². The van der Waals surface area contributed by atoms with E-state index in [1.807, 2.05) is 6.92 Å². The van der Waals surface area contributed by atoms with Gasteiger partial charge >= 0.3 is 5.69 Å². The highest BCUT2D eigenvalue weighted by atomic mass is 32.2. The van der Waals surface area contributed by atoms with Crippen molar-refractivity contribution < 1.29 is 0 Å². The first-order valence-corrected chi connectivity index (χ1v) is 6.53. The quantitative estimate of drug-likeness (QED) is 0.845. The summed E-state index contributed by atoms with van der Waals surface area (Å²) in [5.74, 6) is 0.824. The van der Waals surface area contributed by atoms with Gasteiger partial charge < -0.3 is 0 Å². The van der Waals surface area contributed by atoms with Crippen molar-refractivity contribution >= 4 is 11.8 Å². The molecule has 0 radical (unpaired) electrons. The molecule has 1 aromatic heterocycles. The molecule has 0 unspecified atom stereocenters. The second kappa shape index (κ2) is 5.23. The number of rotatable bonds is 4. The summed E-state index contributed by atoms with van der Waals surface area (Å²) in [6, 6.07) is 8.38. The van der Waals surface area contributed by atoms with Crippen LogP contribution in [0.5, 0.6) is 0 Å². The molecule has 0 aliphatic rings. The Hall–Kier alpha value is -1.49. The summed E-state index contributed by atoms with van der Waals surface area (Å²) in [5, 5.41) is 7.23. The molecule has 2 aromatic rings. The first kappa shape index (κ1) is 12.0. The lowest BCUT2D eigenvalue weighted by atomic mass is 10.2.